The summed E-state index contributed by atoms with van der Waals surface area (Å²) in [6.45, 7) is 6.83. The van der Waals surface area contributed by atoms with Crippen LogP contribution in [0, 0.1) is 17.3 Å². The van der Waals surface area contributed by atoms with Crippen molar-refractivity contribution in [2.24, 2.45) is 17.3 Å². The fraction of sp³-hybridized carbons (Fsp3) is 1.00. The van der Waals surface area contributed by atoms with E-state index in [-0.39, 0.29) is 0 Å². The number of hydrogen-bond acceptors (Lipinski definition) is 2. The molecule has 2 heteroatoms. The van der Waals surface area contributed by atoms with Crippen molar-refractivity contribution in [1.29, 1.82) is 0 Å². The smallest absolute Gasteiger partial charge is 0.0690 e. The highest BCUT2D eigenvalue weighted by atomic mass is 16.5. The summed E-state index contributed by atoms with van der Waals surface area (Å²) in [6, 6.07) is 0.785. The van der Waals surface area contributed by atoms with E-state index in [9.17, 15) is 0 Å². The first kappa shape index (κ1) is 11.0. The van der Waals surface area contributed by atoms with Crippen molar-refractivity contribution in [2.45, 2.75) is 58.1 Å². The molecule has 1 aliphatic heterocycles. The molecule has 3 aliphatic rings. The van der Waals surface area contributed by atoms with Gasteiger partial charge in [0.05, 0.1) is 6.10 Å². The van der Waals surface area contributed by atoms with E-state index in [4.69, 9.17) is 4.74 Å². The predicted octanol–water partition coefficient (Wildman–Crippen LogP) is 2.58. The number of ether oxygens (including phenoxy) is 1. The van der Waals surface area contributed by atoms with Gasteiger partial charge in [-0.15, -0.1) is 0 Å². The Labute approximate surface area is 99.1 Å². The largest absolute Gasteiger partial charge is 0.377 e. The number of nitrogens with one attached hydrogen (secondary N) is 1. The third-order valence-corrected chi connectivity index (χ3v) is 5.12. The zero-order valence-electron chi connectivity index (χ0n) is 10.7. The van der Waals surface area contributed by atoms with Crippen LogP contribution in [0.4, 0.5) is 0 Å². The molecule has 0 radical (unpaired) electrons. The van der Waals surface area contributed by atoms with Gasteiger partial charge in [-0.2, -0.15) is 0 Å². The van der Waals surface area contributed by atoms with E-state index in [1.807, 2.05) is 0 Å². The van der Waals surface area contributed by atoms with Crippen LogP contribution in [0.2, 0.25) is 0 Å². The quantitative estimate of drug-likeness (QED) is 0.791. The van der Waals surface area contributed by atoms with Gasteiger partial charge in [-0.25, -0.2) is 0 Å². The van der Waals surface area contributed by atoms with Crippen LogP contribution in [0.1, 0.15) is 46.0 Å². The van der Waals surface area contributed by atoms with Gasteiger partial charge < -0.3 is 10.1 Å². The second kappa shape index (κ2) is 3.99. The van der Waals surface area contributed by atoms with Crippen molar-refractivity contribution in [3.8, 4) is 0 Å². The van der Waals surface area contributed by atoms with Crippen LogP contribution in [0.15, 0.2) is 0 Å². The standard InChI is InChI=1S/C14H25NO/c1-10(2)4-8-15-12-11-5-9-16-13(11)14(12)6-3-7-14/h10-13,15H,3-9H2,1-2H3. The van der Waals surface area contributed by atoms with Gasteiger partial charge in [0.15, 0.2) is 0 Å². The first-order valence-corrected chi connectivity index (χ1v) is 7.09. The van der Waals surface area contributed by atoms with Crippen LogP contribution in [0.5, 0.6) is 0 Å². The minimum atomic E-state index is 0.568. The van der Waals surface area contributed by atoms with Gasteiger partial charge in [0.25, 0.3) is 0 Å². The van der Waals surface area contributed by atoms with Gasteiger partial charge in [0.1, 0.15) is 0 Å². The maximum Gasteiger partial charge on any atom is 0.0690 e. The van der Waals surface area contributed by atoms with E-state index in [1.54, 1.807) is 0 Å². The van der Waals surface area contributed by atoms with Crippen LogP contribution in [0.25, 0.3) is 0 Å². The van der Waals surface area contributed by atoms with E-state index >= 15 is 0 Å². The Bertz CT molecular complexity index is 259. The van der Waals surface area contributed by atoms with E-state index in [1.165, 1.54) is 38.6 Å². The van der Waals surface area contributed by atoms with Crippen molar-refractivity contribution in [1.82, 2.24) is 5.32 Å². The highest BCUT2D eigenvalue weighted by molar-refractivity contribution is 5.18. The highest BCUT2D eigenvalue weighted by Crippen LogP contribution is 2.62. The molecule has 3 unspecified atom stereocenters. The van der Waals surface area contributed by atoms with Crippen molar-refractivity contribution in [3.05, 3.63) is 0 Å². The first-order valence-electron chi connectivity index (χ1n) is 7.09. The predicted molar refractivity (Wildman–Crippen MR) is 65.4 cm³/mol. The average molecular weight is 223 g/mol. The molecule has 92 valence electrons. The molecule has 16 heavy (non-hydrogen) atoms. The Balaban J connectivity index is 1.57. The Hall–Kier alpha value is -0.0800. The minimum Gasteiger partial charge on any atom is -0.377 e. The van der Waals surface area contributed by atoms with Crippen LogP contribution in [-0.4, -0.2) is 25.3 Å². The Morgan fingerprint density at radius 2 is 2.19 bits per heavy atom. The summed E-state index contributed by atoms with van der Waals surface area (Å²) in [7, 11) is 0. The molecule has 1 saturated heterocycles. The third kappa shape index (κ3) is 1.46. The van der Waals surface area contributed by atoms with Gasteiger partial charge in [-0.3, -0.25) is 0 Å². The highest BCUT2D eigenvalue weighted by Gasteiger charge is 2.66. The summed E-state index contributed by atoms with van der Waals surface area (Å²) < 4.78 is 5.93. The number of hydrogen-bond donors (Lipinski definition) is 1. The van der Waals surface area contributed by atoms with Crippen LogP contribution < -0.4 is 5.32 Å². The summed E-state index contributed by atoms with van der Waals surface area (Å²) in [5, 5.41) is 3.83. The van der Waals surface area contributed by atoms with Crippen molar-refractivity contribution in [2.75, 3.05) is 13.2 Å². The second-order valence-electron chi connectivity index (χ2n) is 6.44. The molecule has 3 fully saturated rings. The Kier molecular flexibility index (Phi) is 2.75. The summed E-state index contributed by atoms with van der Waals surface area (Å²) >= 11 is 0. The van der Waals surface area contributed by atoms with E-state index in [0.717, 1.165) is 24.5 Å². The average Bonchev–Trinajstić information content (AvgIpc) is 2.55. The Morgan fingerprint density at radius 1 is 1.38 bits per heavy atom. The van der Waals surface area contributed by atoms with Crippen LogP contribution >= 0.6 is 0 Å². The van der Waals surface area contributed by atoms with Crippen molar-refractivity contribution in [3.63, 3.8) is 0 Å². The minimum absolute atomic E-state index is 0.568. The maximum atomic E-state index is 5.93. The molecule has 0 amide bonds. The molecule has 3 rings (SSSR count). The molecule has 2 nitrogen and oxygen atoms in total. The molecule has 3 atom stereocenters. The lowest BCUT2D eigenvalue weighted by Gasteiger charge is -2.63. The van der Waals surface area contributed by atoms with Gasteiger partial charge in [-0.05, 0) is 38.1 Å². The van der Waals surface area contributed by atoms with Crippen LogP contribution in [-0.2, 0) is 4.74 Å². The summed E-state index contributed by atoms with van der Waals surface area (Å²) in [6.07, 6.45) is 7.48. The zero-order chi connectivity index (χ0) is 11.2. The topological polar surface area (TPSA) is 21.3 Å². The van der Waals surface area contributed by atoms with E-state index < -0.39 is 0 Å². The zero-order valence-corrected chi connectivity index (χ0v) is 10.7. The molecule has 0 bridgehead atoms. The summed E-state index contributed by atoms with van der Waals surface area (Å²) in [5.41, 5.74) is 0.568. The molecular weight excluding hydrogens is 198 g/mol. The molecule has 0 aromatic rings. The molecular formula is C14H25NO. The molecule has 0 aromatic carbocycles. The molecule has 1 heterocycles. The lowest BCUT2D eigenvalue weighted by molar-refractivity contribution is -0.175. The van der Waals surface area contributed by atoms with E-state index in [2.05, 4.69) is 19.2 Å². The lowest BCUT2D eigenvalue weighted by Crippen LogP contribution is -2.71. The van der Waals surface area contributed by atoms with Gasteiger partial charge in [-0.1, -0.05) is 20.3 Å². The first-order chi connectivity index (χ1) is 7.74. The van der Waals surface area contributed by atoms with Gasteiger partial charge in [0.2, 0.25) is 0 Å². The molecule has 2 aliphatic carbocycles. The fourth-order valence-electron chi connectivity index (χ4n) is 4.09. The Morgan fingerprint density at radius 3 is 2.81 bits per heavy atom. The number of fused-ring (bicyclic) bond motifs is 2. The second-order valence-corrected chi connectivity index (χ2v) is 6.44. The number of rotatable bonds is 4. The maximum absolute atomic E-state index is 5.93. The normalized spacial score (nSPS) is 39.6. The SMILES string of the molecule is CC(C)CCNC1C2CCOC2C12CCC2. The molecule has 2 saturated carbocycles. The molecule has 0 aromatic heterocycles. The van der Waals surface area contributed by atoms with Crippen molar-refractivity contribution < 1.29 is 4.74 Å². The third-order valence-electron chi connectivity index (χ3n) is 5.12. The fourth-order valence-corrected chi connectivity index (χ4v) is 4.09. The van der Waals surface area contributed by atoms with E-state index in [0.29, 0.717) is 11.5 Å². The molecule has 1 N–H and O–H groups in total. The summed E-state index contributed by atoms with van der Waals surface area (Å²) in [4.78, 5) is 0. The monoisotopic (exact) mass is 223 g/mol. The van der Waals surface area contributed by atoms with Crippen molar-refractivity contribution >= 4 is 0 Å². The molecule has 1 spiro atoms. The lowest BCUT2D eigenvalue weighted by atomic mass is 9.46. The summed E-state index contributed by atoms with van der Waals surface area (Å²) in [5.74, 6) is 1.66. The van der Waals surface area contributed by atoms with Gasteiger partial charge >= 0.3 is 0 Å². The van der Waals surface area contributed by atoms with Crippen LogP contribution in [0.3, 0.4) is 0 Å². The van der Waals surface area contributed by atoms with Gasteiger partial charge in [0, 0.05) is 24.0 Å².